The molecule has 1 aliphatic rings. The highest BCUT2D eigenvalue weighted by Gasteiger charge is 2.21. The minimum Gasteiger partial charge on any atom is -0.0888 e. The predicted molar refractivity (Wildman–Crippen MR) is 68.0 cm³/mol. The van der Waals surface area contributed by atoms with Crippen LogP contribution in [0.4, 0.5) is 0 Å². The minimum absolute atomic E-state index is 0.836. The van der Waals surface area contributed by atoms with Crippen molar-refractivity contribution in [2.45, 2.75) is 76.0 Å². The number of rotatable bonds is 6. The van der Waals surface area contributed by atoms with E-state index in [1.807, 2.05) is 0 Å². The summed E-state index contributed by atoms with van der Waals surface area (Å²) in [4.78, 5) is 0.836. The van der Waals surface area contributed by atoms with Crippen LogP contribution >= 0.6 is 15.9 Å². The zero-order valence-corrected chi connectivity index (χ0v) is 11.2. The molecule has 0 saturated heterocycles. The van der Waals surface area contributed by atoms with Gasteiger partial charge in [-0.05, 0) is 25.2 Å². The number of hydrogen-bond donors (Lipinski definition) is 0. The summed E-state index contributed by atoms with van der Waals surface area (Å²) < 4.78 is 0. The summed E-state index contributed by atoms with van der Waals surface area (Å²) in [6.45, 7) is 2.29. The molecule has 0 nitrogen and oxygen atoms in total. The van der Waals surface area contributed by atoms with E-state index in [0.717, 1.165) is 10.7 Å². The van der Waals surface area contributed by atoms with Gasteiger partial charge in [0.15, 0.2) is 0 Å². The van der Waals surface area contributed by atoms with Crippen LogP contribution in [0.25, 0.3) is 0 Å². The average Bonchev–Trinajstić information content (AvgIpc) is 2.20. The van der Waals surface area contributed by atoms with E-state index in [4.69, 9.17) is 0 Å². The lowest BCUT2D eigenvalue weighted by atomic mass is 9.85. The molecule has 0 aromatic carbocycles. The Bertz CT molecular complexity index is 133. The zero-order valence-electron chi connectivity index (χ0n) is 9.60. The number of hydrogen-bond acceptors (Lipinski definition) is 0. The Morgan fingerprint density at radius 3 is 2.43 bits per heavy atom. The van der Waals surface area contributed by atoms with Crippen LogP contribution in [0.3, 0.4) is 0 Å². The van der Waals surface area contributed by atoms with Crippen molar-refractivity contribution in [3.8, 4) is 0 Å². The van der Waals surface area contributed by atoms with Crippen LogP contribution in [0.2, 0.25) is 0 Å². The van der Waals surface area contributed by atoms with Crippen molar-refractivity contribution in [1.29, 1.82) is 0 Å². The molecule has 84 valence electrons. The molecule has 0 aliphatic heterocycles. The van der Waals surface area contributed by atoms with Crippen LogP contribution in [-0.2, 0) is 0 Å². The molecule has 0 N–H and O–H groups in total. The third-order valence-corrected chi connectivity index (χ3v) is 4.70. The van der Waals surface area contributed by atoms with E-state index >= 15 is 0 Å². The van der Waals surface area contributed by atoms with Gasteiger partial charge in [-0.15, -0.1) is 0 Å². The van der Waals surface area contributed by atoms with E-state index in [0.29, 0.717) is 0 Å². The van der Waals surface area contributed by atoms with Gasteiger partial charge in [-0.25, -0.2) is 0 Å². The van der Waals surface area contributed by atoms with Gasteiger partial charge in [0.1, 0.15) is 0 Å². The zero-order chi connectivity index (χ0) is 10.2. The molecule has 2 atom stereocenters. The van der Waals surface area contributed by atoms with Gasteiger partial charge in [-0.3, -0.25) is 0 Å². The van der Waals surface area contributed by atoms with E-state index < -0.39 is 0 Å². The Morgan fingerprint density at radius 1 is 1.00 bits per heavy atom. The molecule has 0 radical (unpaired) electrons. The Labute approximate surface area is 98.0 Å². The summed E-state index contributed by atoms with van der Waals surface area (Å²) in [7, 11) is 0. The second-order valence-corrected chi connectivity index (χ2v) is 5.94. The largest absolute Gasteiger partial charge is 0.0888 e. The van der Waals surface area contributed by atoms with Crippen molar-refractivity contribution >= 4 is 15.9 Å². The van der Waals surface area contributed by atoms with Crippen LogP contribution in [0.5, 0.6) is 0 Å². The maximum absolute atomic E-state index is 3.84. The lowest BCUT2D eigenvalue weighted by molar-refractivity contribution is 0.343. The second kappa shape index (κ2) is 7.73. The van der Waals surface area contributed by atoms with E-state index in [1.54, 1.807) is 0 Å². The summed E-state index contributed by atoms with van der Waals surface area (Å²) in [5.41, 5.74) is 0. The first-order valence-electron chi connectivity index (χ1n) is 6.48. The SMILES string of the molecule is CCCCCCCC1CCCCC1Br. The Hall–Kier alpha value is 0.480. The lowest BCUT2D eigenvalue weighted by Crippen LogP contribution is -2.18. The van der Waals surface area contributed by atoms with Gasteiger partial charge in [-0.1, -0.05) is 67.8 Å². The summed E-state index contributed by atoms with van der Waals surface area (Å²) >= 11 is 3.84. The first kappa shape index (κ1) is 12.5. The monoisotopic (exact) mass is 260 g/mol. The first-order chi connectivity index (χ1) is 6.84. The van der Waals surface area contributed by atoms with Crippen molar-refractivity contribution in [3.05, 3.63) is 0 Å². The van der Waals surface area contributed by atoms with Crippen molar-refractivity contribution in [2.75, 3.05) is 0 Å². The molecule has 1 saturated carbocycles. The van der Waals surface area contributed by atoms with Gasteiger partial charge in [0.05, 0.1) is 0 Å². The number of unbranched alkanes of at least 4 members (excludes halogenated alkanes) is 4. The molecule has 1 aliphatic carbocycles. The molecule has 1 rings (SSSR count). The summed E-state index contributed by atoms with van der Waals surface area (Å²) in [5.74, 6) is 0.991. The standard InChI is InChI=1S/C13H25Br/c1-2-3-4-5-6-9-12-10-7-8-11-13(12)14/h12-13H,2-11H2,1H3. The third kappa shape index (κ3) is 4.82. The molecule has 0 bridgehead atoms. The number of alkyl halides is 1. The lowest BCUT2D eigenvalue weighted by Gasteiger charge is -2.27. The maximum Gasteiger partial charge on any atom is 0.0174 e. The van der Waals surface area contributed by atoms with E-state index in [-0.39, 0.29) is 0 Å². The minimum atomic E-state index is 0.836. The van der Waals surface area contributed by atoms with Gasteiger partial charge in [0.25, 0.3) is 0 Å². The van der Waals surface area contributed by atoms with Gasteiger partial charge < -0.3 is 0 Å². The average molecular weight is 261 g/mol. The molecule has 0 heterocycles. The molecule has 0 spiro atoms. The van der Waals surface area contributed by atoms with Crippen molar-refractivity contribution in [1.82, 2.24) is 0 Å². The molecule has 2 unspecified atom stereocenters. The van der Waals surface area contributed by atoms with E-state index in [1.165, 1.54) is 64.2 Å². The summed E-state index contributed by atoms with van der Waals surface area (Å²) in [5, 5.41) is 0. The molecule has 0 aromatic heterocycles. The fourth-order valence-corrected chi connectivity index (χ4v) is 3.35. The third-order valence-electron chi connectivity index (χ3n) is 3.49. The molecular weight excluding hydrogens is 236 g/mol. The normalized spacial score (nSPS) is 27.9. The highest BCUT2D eigenvalue weighted by atomic mass is 79.9. The fourth-order valence-electron chi connectivity index (χ4n) is 2.50. The molecule has 1 heteroatoms. The van der Waals surface area contributed by atoms with Crippen molar-refractivity contribution in [2.24, 2.45) is 5.92 Å². The van der Waals surface area contributed by atoms with Crippen LogP contribution in [-0.4, -0.2) is 4.83 Å². The smallest absolute Gasteiger partial charge is 0.0174 e. The summed E-state index contributed by atoms with van der Waals surface area (Å²) in [6.07, 6.45) is 14.5. The topological polar surface area (TPSA) is 0 Å². The van der Waals surface area contributed by atoms with Crippen molar-refractivity contribution in [3.63, 3.8) is 0 Å². The van der Waals surface area contributed by atoms with Gasteiger partial charge in [0.2, 0.25) is 0 Å². The van der Waals surface area contributed by atoms with Crippen molar-refractivity contribution < 1.29 is 0 Å². The Kier molecular flexibility index (Phi) is 6.93. The van der Waals surface area contributed by atoms with Gasteiger partial charge in [0, 0.05) is 4.83 Å². The molecule has 14 heavy (non-hydrogen) atoms. The Morgan fingerprint density at radius 2 is 1.71 bits per heavy atom. The van der Waals surface area contributed by atoms with Crippen LogP contribution in [0, 0.1) is 5.92 Å². The molecular formula is C13H25Br. The highest BCUT2D eigenvalue weighted by Crippen LogP contribution is 2.33. The van der Waals surface area contributed by atoms with Crippen LogP contribution in [0.1, 0.15) is 71.1 Å². The van der Waals surface area contributed by atoms with Gasteiger partial charge in [-0.2, -0.15) is 0 Å². The molecule has 1 fully saturated rings. The predicted octanol–water partition coefficient (Wildman–Crippen LogP) is 5.30. The van der Waals surface area contributed by atoms with E-state index in [9.17, 15) is 0 Å². The first-order valence-corrected chi connectivity index (χ1v) is 7.40. The summed E-state index contributed by atoms with van der Waals surface area (Å²) in [6, 6.07) is 0. The fraction of sp³-hybridized carbons (Fsp3) is 1.00. The van der Waals surface area contributed by atoms with Crippen LogP contribution in [0.15, 0.2) is 0 Å². The van der Waals surface area contributed by atoms with Crippen LogP contribution < -0.4 is 0 Å². The molecule has 0 aromatic rings. The second-order valence-electron chi connectivity index (χ2n) is 4.76. The maximum atomic E-state index is 3.84. The quantitative estimate of drug-likeness (QED) is 0.449. The highest BCUT2D eigenvalue weighted by molar-refractivity contribution is 9.09. The van der Waals surface area contributed by atoms with E-state index in [2.05, 4.69) is 22.9 Å². The molecule has 0 amide bonds. The van der Waals surface area contributed by atoms with Gasteiger partial charge >= 0.3 is 0 Å². The number of halogens is 1. The Balaban J connectivity index is 1.99.